The van der Waals surface area contributed by atoms with Crippen LogP contribution in [0.25, 0.3) is 0 Å². The summed E-state index contributed by atoms with van der Waals surface area (Å²) in [6.45, 7) is 4.86. The Balaban J connectivity index is 1.88. The highest BCUT2D eigenvalue weighted by atomic mass is 16.3. The molecule has 1 aliphatic heterocycles. The molecule has 0 unspecified atom stereocenters. The summed E-state index contributed by atoms with van der Waals surface area (Å²) in [6, 6.07) is 3.93. The molecule has 84 valence electrons. The quantitative estimate of drug-likeness (QED) is 0.825. The van der Waals surface area contributed by atoms with Crippen LogP contribution in [0.3, 0.4) is 0 Å². The van der Waals surface area contributed by atoms with Crippen molar-refractivity contribution in [2.45, 2.75) is 32.4 Å². The van der Waals surface area contributed by atoms with Gasteiger partial charge >= 0.3 is 0 Å². The van der Waals surface area contributed by atoms with Gasteiger partial charge in [-0.25, -0.2) is 0 Å². The zero-order chi connectivity index (χ0) is 10.7. The van der Waals surface area contributed by atoms with Gasteiger partial charge in [-0.3, -0.25) is 4.90 Å². The maximum Gasteiger partial charge on any atom is 0.117 e. The Bertz CT molecular complexity index is 282. The lowest BCUT2D eigenvalue weighted by Gasteiger charge is -2.33. The molecule has 0 spiro atoms. The fraction of sp³-hybridized carbons (Fsp3) is 0.667. The highest BCUT2D eigenvalue weighted by Crippen LogP contribution is 2.21. The fourth-order valence-corrected chi connectivity index (χ4v) is 2.25. The average Bonchev–Trinajstić information content (AvgIpc) is 2.71. The number of hydrogen-bond donors (Lipinski definition) is 1. The summed E-state index contributed by atoms with van der Waals surface area (Å²) < 4.78 is 5.33. The van der Waals surface area contributed by atoms with Gasteiger partial charge in [0.15, 0.2) is 0 Å². The number of rotatable bonds is 3. The van der Waals surface area contributed by atoms with Crippen LogP contribution in [0, 0.1) is 5.92 Å². The molecule has 0 amide bonds. The number of likely N-dealkylation sites (tertiary alicyclic amines) is 1. The second-order valence-corrected chi connectivity index (χ2v) is 4.46. The average molecular weight is 209 g/mol. The molecular weight excluding hydrogens is 190 g/mol. The molecule has 3 nitrogen and oxygen atoms in total. The topological polar surface area (TPSA) is 36.6 Å². The van der Waals surface area contributed by atoms with Crippen molar-refractivity contribution in [1.29, 1.82) is 0 Å². The molecule has 1 aromatic heterocycles. The monoisotopic (exact) mass is 209 g/mol. The predicted molar refractivity (Wildman–Crippen MR) is 58.4 cm³/mol. The molecule has 0 aromatic carbocycles. The van der Waals surface area contributed by atoms with Crippen LogP contribution >= 0.6 is 0 Å². The van der Waals surface area contributed by atoms with E-state index in [1.54, 1.807) is 6.26 Å². The minimum atomic E-state index is -0.190. The maximum atomic E-state index is 9.57. The normalized spacial score (nSPS) is 25.3. The Kier molecular flexibility index (Phi) is 3.44. The smallest absolute Gasteiger partial charge is 0.117 e. The van der Waals surface area contributed by atoms with E-state index >= 15 is 0 Å². The molecule has 1 fully saturated rings. The number of nitrogens with zero attached hydrogens (tertiary/aromatic N) is 1. The van der Waals surface area contributed by atoms with Gasteiger partial charge in [0.05, 0.1) is 18.9 Å². The zero-order valence-electron chi connectivity index (χ0n) is 9.22. The van der Waals surface area contributed by atoms with E-state index in [1.165, 1.54) is 6.42 Å². The third-order valence-corrected chi connectivity index (χ3v) is 3.18. The molecular formula is C12H19NO2. The highest BCUT2D eigenvalue weighted by Gasteiger charge is 2.23. The molecule has 1 aliphatic rings. The molecule has 0 saturated carbocycles. The second kappa shape index (κ2) is 4.81. The first-order chi connectivity index (χ1) is 7.25. The van der Waals surface area contributed by atoms with Crippen molar-refractivity contribution in [2.24, 2.45) is 5.92 Å². The second-order valence-electron chi connectivity index (χ2n) is 4.46. The third-order valence-electron chi connectivity index (χ3n) is 3.18. The summed E-state index contributed by atoms with van der Waals surface area (Å²) >= 11 is 0. The number of aliphatic hydroxyl groups is 1. The van der Waals surface area contributed by atoms with E-state index in [-0.39, 0.29) is 6.10 Å². The number of piperidine rings is 1. The van der Waals surface area contributed by atoms with Gasteiger partial charge in [0.2, 0.25) is 0 Å². The number of furan rings is 1. The van der Waals surface area contributed by atoms with Crippen LogP contribution in [-0.2, 0) is 6.54 Å². The van der Waals surface area contributed by atoms with Crippen LogP contribution in [0.15, 0.2) is 22.8 Å². The summed E-state index contributed by atoms with van der Waals surface area (Å²) in [6.07, 6.45) is 3.85. The first kappa shape index (κ1) is 10.7. The number of hydrogen-bond acceptors (Lipinski definition) is 3. The van der Waals surface area contributed by atoms with E-state index in [9.17, 15) is 5.11 Å². The third kappa shape index (κ3) is 2.83. The molecule has 0 aliphatic carbocycles. The lowest BCUT2D eigenvalue weighted by atomic mass is 9.93. The van der Waals surface area contributed by atoms with Gasteiger partial charge in [-0.1, -0.05) is 0 Å². The van der Waals surface area contributed by atoms with E-state index in [0.717, 1.165) is 31.8 Å². The summed E-state index contributed by atoms with van der Waals surface area (Å²) in [4.78, 5) is 2.36. The molecule has 3 heteroatoms. The van der Waals surface area contributed by atoms with Gasteiger partial charge in [-0.05, 0) is 44.4 Å². The van der Waals surface area contributed by atoms with Crippen LogP contribution in [0.5, 0.6) is 0 Å². The van der Waals surface area contributed by atoms with Crippen LogP contribution in [0.1, 0.15) is 25.5 Å². The largest absolute Gasteiger partial charge is 0.468 e. The first-order valence-electron chi connectivity index (χ1n) is 5.68. The Morgan fingerprint density at radius 2 is 2.53 bits per heavy atom. The molecule has 0 bridgehead atoms. The molecule has 2 atom stereocenters. The summed E-state index contributed by atoms with van der Waals surface area (Å²) in [5.41, 5.74) is 0. The molecule has 1 aromatic rings. The van der Waals surface area contributed by atoms with Crippen molar-refractivity contribution in [2.75, 3.05) is 13.1 Å². The Morgan fingerprint density at radius 1 is 1.67 bits per heavy atom. The molecule has 15 heavy (non-hydrogen) atoms. The van der Waals surface area contributed by atoms with Crippen molar-refractivity contribution in [1.82, 2.24) is 4.90 Å². The summed E-state index contributed by atoms with van der Waals surface area (Å²) in [7, 11) is 0. The zero-order valence-corrected chi connectivity index (χ0v) is 9.22. The predicted octanol–water partition coefficient (Wildman–Crippen LogP) is 1.87. The molecule has 2 heterocycles. The van der Waals surface area contributed by atoms with Gasteiger partial charge < -0.3 is 9.52 Å². The van der Waals surface area contributed by atoms with Crippen molar-refractivity contribution >= 4 is 0 Å². The van der Waals surface area contributed by atoms with Gasteiger partial charge in [-0.2, -0.15) is 0 Å². The van der Waals surface area contributed by atoms with E-state index in [0.29, 0.717) is 5.92 Å². The van der Waals surface area contributed by atoms with Crippen LogP contribution in [0.4, 0.5) is 0 Å². The lowest BCUT2D eigenvalue weighted by molar-refractivity contribution is 0.0572. The Labute approximate surface area is 90.7 Å². The highest BCUT2D eigenvalue weighted by molar-refractivity contribution is 4.98. The van der Waals surface area contributed by atoms with E-state index < -0.39 is 0 Å². The van der Waals surface area contributed by atoms with Crippen molar-refractivity contribution in [3.63, 3.8) is 0 Å². The van der Waals surface area contributed by atoms with E-state index in [1.807, 2.05) is 19.1 Å². The Morgan fingerprint density at radius 3 is 3.20 bits per heavy atom. The van der Waals surface area contributed by atoms with Gasteiger partial charge in [0.25, 0.3) is 0 Å². The SMILES string of the molecule is C[C@@H](O)[C@H]1CCCN(Cc2ccco2)C1. The first-order valence-corrected chi connectivity index (χ1v) is 5.68. The standard InChI is InChI=1S/C12H19NO2/c1-10(14)11-4-2-6-13(8-11)9-12-5-3-7-15-12/h3,5,7,10-11,14H,2,4,6,8-9H2,1H3/t10-,11+/m1/s1. The fourth-order valence-electron chi connectivity index (χ4n) is 2.25. The van der Waals surface area contributed by atoms with Crippen LogP contribution in [0.2, 0.25) is 0 Å². The molecule has 1 N–H and O–H groups in total. The van der Waals surface area contributed by atoms with Gasteiger partial charge in [-0.15, -0.1) is 0 Å². The van der Waals surface area contributed by atoms with Crippen molar-refractivity contribution in [3.8, 4) is 0 Å². The van der Waals surface area contributed by atoms with E-state index in [4.69, 9.17) is 4.42 Å². The minimum Gasteiger partial charge on any atom is -0.468 e. The van der Waals surface area contributed by atoms with Gasteiger partial charge in [0.1, 0.15) is 5.76 Å². The minimum absolute atomic E-state index is 0.190. The Hall–Kier alpha value is -0.800. The molecule has 2 rings (SSSR count). The number of aliphatic hydroxyl groups excluding tert-OH is 1. The lowest BCUT2D eigenvalue weighted by Crippen LogP contribution is -2.38. The van der Waals surface area contributed by atoms with Crippen molar-refractivity contribution in [3.05, 3.63) is 24.2 Å². The van der Waals surface area contributed by atoms with Crippen molar-refractivity contribution < 1.29 is 9.52 Å². The molecule has 1 saturated heterocycles. The molecule has 0 radical (unpaired) electrons. The van der Waals surface area contributed by atoms with Crippen LogP contribution < -0.4 is 0 Å². The van der Waals surface area contributed by atoms with Crippen LogP contribution in [-0.4, -0.2) is 29.2 Å². The summed E-state index contributed by atoms with van der Waals surface area (Å²) in [5.74, 6) is 1.44. The van der Waals surface area contributed by atoms with E-state index in [2.05, 4.69) is 4.90 Å². The summed E-state index contributed by atoms with van der Waals surface area (Å²) in [5, 5.41) is 9.57. The maximum absolute atomic E-state index is 9.57. The van der Waals surface area contributed by atoms with Gasteiger partial charge in [0, 0.05) is 6.54 Å².